The molecule has 0 bridgehead atoms. The van der Waals surface area contributed by atoms with Gasteiger partial charge in [0, 0.05) is 12.3 Å². The molecule has 1 aliphatic heterocycles. The monoisotopic (exact) mass is 231 g/mol. The maximum Gasteiger partial charge on any atom is 0.264 e. The summed E-state index contributed by atoms with van der Waals surface area (Å²) in [4.78, 5) is 0. The first-order chi connectivity index (χ1) is 7.08. The molecular weight excluding hydrogens is 214 g/mol. The van der Waals surface area contributed by atoms with Crippen LogP contribution >= 0.6 is 0 Å². The van der Waals surface area contributed by atoms with Gasteiger partial charge in [0.15, 0.2) is 0 Å². The second-order valence-electron chi connectivity index (χ2n) is 3.62. The summed E-state index contributed by atoms with van der Waals surface area (Å²) >= 11 is 0. The molecule has 0 aromatic heterocycles. The molecule has 1 N–H and O–H groups in total. The van der Waals surface area contributed by atoms with Gasteiger partial charge in [0.25, 0.3) is 10.1 Å². The van der Waals surface area contributed by atoms with E-state index in [1.165, 1.54) is 0 Å². The average molecular weight is 231 g/mol. The highest BCUT2D eigenvalue weighted by atomic mass is 32.2. The number of hydrogen-bond donors (Lipinski definition) is 1. The summed E-state index contributed by atoms with van der Waals surface area (Å²) in [7, 11) is -3.31. The SMILES string of the molecule is CS(=O)(=O)OCCC#CC1CCNCC1. The van der Waals surface area contributed by atoms with Gasteiger partial charge in [-0.3, -0.25) is 4.18 Å². The minimum absolute atomic E-state index is 0.163. The number of hydrogen-bond acceptors (Lipinski definition) is 4. The van der Waals surface area contributed by atoms with E-state index in [1.54, 1.807) is 0 Å². The van der Waals surface area contributed by atoms with Gasteiger partial charge < -0.3 is 5.32 Å². The first-order valence-electron chi connectivity index (χ1n) is 5.11. The molecule has 0 saturated carbocycles. The van der Waals surface area contributed by atoms with Crippen LogP contribution in [0.1, 0.15) is 19.3 Å². The largest absolute Gasteiger partial charge is 0.317 e. The van der Waals surface area contributed by atoms with Gasteiger partial charge >= 0.3 is 0 Å². The molecule has 0 radical (unpaired) electrons. The van der Waals surface area contributed by atoms with Gasteiger partial charge in [-0.2, -0.15) is 8.42 Å². The van der Waals surface area contributed by atoms with E-state index in [9.17, 15) is 8.42 Å². The van der Waals surface area contributed by atoms with Crippen LogP contribution in [0.2, 0.25) is 0 Å². The minimum Gasteiger partial charge on any atom is -0.317 e. The van der Waals surface area contributed by atoms with Crippen LogP contribution in [0.4, 0.5) is 0 Å². The molecule has 15 heavy (non-hydrogen) atoms. The van der Waals surface area contributed by atoms with E-state index < -0.39 is 10.1 Å². The standard InChI is InChI=1S/C10H17NO3S/c1-15(12,13)14-9-3-2-4-10-5-7-11-8-6-10/h10-11H,3,5-9H2,1H3. The van der Waals surface area contributed by atoms with Crippen molar-refractivity contribution in [1.82, 2.24) is 5.32 Å². The Kier molecular flexibility index (Phi) is 5.09. The van der Waals surface area contributed by atoms with Crippen LogP contribution in [0.15, 0.2) is 0 Å². The fourth-order valence-corrected chi connectivity index (χ4v) is 1.81. The van der Waals surface area contributed by atoms with E-state index in [-0.39, 0.29) is 6.61 Å². The van der Waals surface area contributed by atoms with Gasteiger partial charge in [0.05, 0.1) is 12.9 Å². The van der Waals surface area contributed by atoms with E-state index in [0.717, 1.165) is 32.2 Å². The lowest BCUT2D eigenvalue weighted by atomic mass is 9.99. The molecule has 0 aromatic carbocycles. The Balaban J connectivity index is 2.16. The third-order valence-electron chi connectivity index (χ3n) is 2.17. The Bertz CT molecular complexity index is 333. The van der Waals surface area contributed by atoms with Crippen LogP contribution in [-0.4, -0.2) is 34.4 Å². The van der Waals surface area contributed by atoms with Crippen molar-refractivity contribution in [1.29, 1.82) is 0 Å². The van der Waals surface area contributed by atoms with Gasteiger partial charge in [-0.05, 0) is 25.9 Å². The summed E-state index contributed by atoms with van der Waals surface area (Å²) in [6.07, 6.45) is 3.70. The highest BCUT2D eigenvalue weighted by Crippen LogP contribution is 2.09. The Morgan fingerprint density at radius 2 is 2.07 bits per heavy atom. The van der Waals surface area contributed by atoms with Gasteiger partial charge in [0.2, 0.25) is 0 Å². The predicted molar refractivity (Wildman–Crippen MR) is 58.8 cm³/mol. The molecule has 1 fully saturated rings. The van der Waals surface area contributed by atoms with Crippen molar-refractivity contribution < 1.29 is 12.6 Å². The first kappa shape index (κ1) is 12.5. The summed E-state index contributed by atoms with van der Waals surface area (Å²) in [5.41, 5.74) is 0. The van der Waals surface area contributed by atoms with Crippen molar-refractivity contribution in [3.05, 3.63) is 0 Å². The summed E-state index contributed by atoms with van der Waals surface area (Å²) < 4.78 is 25.8. The third kappa shape index (κ3) is 6.50. The Morgan fingerprint density at radius 3 is 2.67 bits per heavy atom. The van der Waals surface area contributed by atoms with Crippen LogP contribution < -0.4 is 5.32 Å². The maximum absolute atomic E-state index is 10.6. The van der Waals surface area contributed by atoms with Crippen molar-refractivity contribution in [2.75, 3.05) is 26.0 Å². The molecule has 1 heterocycles. The van der Waals surface area contributed by atoms with Crippen molar-refractivity contribution >= 4 is 10.1 Å². The number of rotatable bonds is 3. The lowest BCUT2D eigenvalue weighted by Crippen LogP contribution is -2.26. The van der Waals surface area contributed by atoms with E-state index >= 15 is 0 Å². The van der Waals surface area contributed by atoms with Crippen LogP contribution in [0.25, 0.3) is 0 Å². The summed E-state index contributed by atoms with van der Waals surface area (Å²) in [5.74, 6) is 6.57. The molecule has 0 amide bonds. The Morgan fingerprint density at radius 1 is 1.40 bits per heavy atom. The van der Waals surface area contributed by atoms with Gasteiger partial charge in [0.1, 0.15) is 0 Å². The molecule has 0 spiro atoms. The summed E-state index contributed by atoms with van der Waals surface area (Å²) in [6.45, 7) is 2.22. The molecule has 0 unspecified atom stereocenters. The smallest absolute Gasteiger partial charge is 0.264 e. The molecule has 1 saturated heterocycles. The van der Waals surface area contributed by atoms with Gasteiger partial charge in [-0.15, -0.1) is 5.92 Å². The third-order valence-corrected chi connectivity index (χ3v) is 2.76. The lowest BCUT2D eigenvalue weighted by molar-refractivity contribution is 0.330. The van der Waals surface area contributed by atoms with Crippen LogP contribution in [0.3, 0.4) is 0 Å². The van der Waals surface area contributed by atoms with E-state index in [1.807, 2.05) is 0 Å². The van der Waals surface area contributed by atoms with Crippen LogP contribution in [0.5, 0.6) is 0 Å². The van der Waals surface area contributed by atoms with Crippen molar-refractivity contribution in [2.24, 2.45) is 5.92 Å². The van der Waals surface area contributed by atoms with Crippen molar-refractivity contribution in [3.8, 4) is 11.8 Å². The molecular formula is C10H17NO3S. The average Bonchev–Trinajstić information content (AvgIpc) is 2.17. The highest BCUT2D eigenvalue weighted by molar-refractivity contribution is 7.85. The van der Waals surface area contributed by atoms with Crippen molar-refractivity contribution in [3.63, 3.8) is 0 Å². The molecule has 86 valence electrons. The molecule has 1 aliphatic rings. The van der Waals surface area contributed by atoms with Crippen LogP contribution in [-0.2, 0) is 14.3 Å². The first-order valence-corrected chi connectivity index (χ1v) is 6.93. The summed E-state index contributed by atoms with van der Waals surface area (Å²) in [6, 6.07) is 0. The minimum atomic E-state index is -3.31. The normalized spacial score (nSPS) is 18.2. The molecule has 0 atom stereocenters. The molecule has 0 aromatic rings. The fourth-order valence-electron chi connectivity index (χ4n) is 1.43. The topological polar surface area (TPSA) is 55.4 Å². The number of nitrogens with one attached hydrogen (secondary N) is 1. The zero-order valence-electron chi connectivity index (χ0n) is 8.95. The quantitative estimate of drug-likeness (QED) is 0.433. The predicted octanol–water partition coefficient (Wildman–Crippen LogP) is 0.356. The van der Waals surface area contributed by atoms with E-state index in [0.29, 0.717) is 12.3 Å². The fraction of sp³-hybridized carbons (Fsp3) is 0.800. The second kappa shape index (κ2) is 6.11. The van der Waals surface area contributed by atoms with Gasteiger partial charge in [-0.1, -0.05) is 5.92 Å². The van der Waals surface area contributed by atoms with E-state index in [2.05, 4.69) is 21.3 Å². The molecule has 1 rings (SSSR count). The second-order valence-corrected chi connectivity index (χ2v) is 5.27. The molecule has 5 heteroatoms. The van der Waals surface area contributed by atoms with Crippen molar-refractivity contribution in [2.45, 2.75) is 19.3 Å². The Hall–Kier alpha value is -0.570. The number of piperidine rings is 1. The molecule has 0 aliphatic carbocycles. The zero-order valence-corrected chi connectivity index (χ0v) is 9.77. The summed E-state index contributed by atoms with van der Waals surface area (Å²) in [5, 5.41) is 3.26. The molecule has 4 nitrogen and oxygen atoms in total. The Labute approximate surface area is 91.5 Å². The highest BCUT2D eigenvalue weighted by Gasteiger charge is 2.08. The van der Waals surface area contributed by atoms with E-state index in [4.69, 9.17) is 0 Å². The lowest BCUT2D eigenvalue weighted by Gasteiger charge is -2.17. The van der Waals surface area contributed by atoms with Crippen LogP contribution in [0, 0.1) is 17.8 Å². The maximum atomic E-state index is 10.6. The zero-order chi connectivity index (χ0) is 11.1. The van der Waals surface area contributed by atoms with Gasteiger partial charge in [-0.25, -0.2) is 0 Å².